The van der Waals surface area contributed by atoms with E-state index in [4.69, 9.17) is 21.1 Å². The molecule has 7 heteroatoms. The molecule has 0 aliphatic rings. The van der Waals surface area contributed by atoms with Gasteiger partial charge in [0.05, 0.1) is 18.7 Å². The Morgan fingerprint density at radius 3 is 2.58 bits per heavy atom. The molecule has 0 spiro atoms. The molecule has 0 saturated heterocycles. The molecule has 2 amide bonds. The zero-order valence-electron chi connectivity index (χ0n) is 13.4. The summed E-state index contributed by atoms with van der Waals surface area (Å²) < 4.78 is 23.5. The average Bonchev–Trinajstić information content (AvgIpc) is 2.57. The van der Waals surface area contributed by atoms with Crippen LogP contribution in [0.15, 0.2) is 36.4 Å². The zero-order valence-corrected chi connectivity index (χ0v) is 14.1. The number of amides is 2. The van der Waals surface area contributed by atoms with Gasteiger partial charge in [0.1, 0.15) is 5.82 Å². The molecule has 2 rings (SSSR count). The molecule has 0 unspecified atom stereocenters. The molecule has 0 fully saturated rings. The molecule has 24 heavy (non-hydrogen) atoms. The highest BCUT2D eigenvalue weighted by Gasteiger charge is 2.12. The maximum atomic E-state index is 12.8. The number of benzene rings is 2. The summed E-state index contributed by atoms with van der Waals surface area (Å²) in [5.74, 6) is 0.610. The maximum absolute atomic E-state index is 12.8. The molecule has 0 atom stereocenters. The third-order valence-corrected chi connectivity index (χ3v) is 3.41. The number of methoxy groups -OCH3 is 1. The van der Waals surface area contributed by atoms with Crippen molar-refractivity contribution in [2.75, 3.05) is 19.0 Å². The van der Waals surface area contributed by atoms with Gasteiger partial charge in [-0.3, -0.25) is 0 Å². The Kier molecular flexibility index (Phi) is 6.26. The first kappa shape index (κ1) is 17.9. The number of urea groups is 1. The Bertz CT molecular complexity index is 708. The standard InChI is InChI=1S/C17H18ClFN2O3/c1-3-24-16-14(18)8-11(9-15(16)23-2)10-20-17(22)21-13-6-4-12(19)5-7-13/h4-9H,3,10H2,1-2H3,(H2,20,21,22). The number of carbonyl (C=O) groups excluding carboxylic acids is 1. The van der Waals surface area contributed by atoms with E-state index in [9.17, 15) is 9.18 Å². The highest BCUT2D eigenvalue weighted by molar-refractivity contribution is 6.32. The highest BCUT2D eigenvalue weighted by Crippen LogP contribution is 2.36. The Morgan fingerprint density at radius 1 is 1.25 bits per heavy atom. The molecule has 0 bridgehead atoms. The molecule has 5 nitrogen and oxygen atoms in total. The lowest BCUT2D eigenvalue weighted by Crippen LogP contribution is -2.28. The summed E-state index contributed by atoms with van der Waals surface area (Å²) in [6.07, 6.45) is 0. The number of nitrogens with one attached hydrogen (secondary N) is 2. The minimum atomic E-state index is -0.411. The highest BCUT2D eigenvalue weighted by atomic mass is 35.5. The van der Waals surface area contributed by atoms with Gasteiger partial charge in [-0.2, -0.15) is 0 Å². The maximum Gasteiger partial charge on any atom is 0.319 e. The fraction of sp³-hybridized carbons (Fsp3) is 0.235. The lowest BCUT2D eigenvalue weighted by atomic mass is 10.2. The van der Waals surface area contributed by atoms with Crippen LogP contribution >= 0.6 is 11.6 Å². The van der Waals surface area contributed by atoms with Gasteiger partial charge >= 0.3 is 6.03 Å². The Morgan fingerprint density at radius 2 is 1.96 bits per heavy atom. The van der Waals surface area contributed by atoms with Gasteiger partial charge in [-0.05, 0) is 48.9 Å². The first-order chi connectivity index (χ1) is 11.5. The van der Waals surface area contributed by atoms with Crippen LogP contribution < -0.4 is 20.1 Å². The minimum absolute atomic E-state index is 0.246. The lowest BCUT2D eigenvalue weighted by Gasteiger charge is -2.14. The number of halogens is 2. The molecule has 2 aromatic rings. The second-order valence-electron chi connectivity index (χ2n) is 4.86. The molecule has 0 saturated carbocycles. The van der Waals surface area contributed by atoms with Crippen molar-refractivity contribution in [2.24, 2.45) is 0 Å². The van der Waals surface area contributed by atoms with Crippen molar-refractivity contribution in [3.63, 3.8) is 0 Å². The van der Waals surface area contributed by atoms with Crippen molar-refractivity contribution < 1.29 is 18.7 Å². The predicted octanol–water partition coefficient (Wildman–Crippen LogP) is 4.21. The van der Waals surface area contributed by atoms with Gasteiger partial charge in [0.25, 0.3) is 0 Å². The molecule has 2 N–H and O–H groups in total. The Labute approximate surface area is 144 Å². The molecule has 0 aliphatic heterocycles. The molecule has 128 valence electrons. The van der Waals surface area contributed by atoms with E-state index < -0.39 is 6.03 Å². The van der Waals surface area contributed by atoms with E-state index in [2.05, 4.69) is 10.6 Å². The van der Waals surface area contributed by atoms with Crippen LogP contribution in [0.4, 0.5) is 14.9 Å². The second kappa shape index (κ2) is 8.40. The van der Waals surface area contributed by atoms with Crippen molar-refractivity contribution in [2.45, 2.75) is 13.5 Å². The van der Waals surface area contributed by atoms with E-state index in [0.29, 0.717) is 28.8 Å². The largest absolute Gasteiger partial charge is 0.493 e. The van der Waals surface area contributed by atoms with E-state index in [1.54, 1.807) is 12.1 Å². The summed E-state index contributed by atoms with van der Waals surface area (Å²) in [6, 6.07) is 8.53. The first-order valence-corrected chi connectivity index (χ1v) is 7.71. The van der Waals surface area contributed by atoms with E-state index in [1.807, 2.05) is 6.92 Å². The van der Waals surface area contributed by atoms with Gasteiger partial charge in [-0.25, -0.2) is 9.18 Å². The van der Waals surface area contributed by atoms with Gasteiger partial charge in [-0.1, -0.05) is 11.6 Å². The minimum Gasteiger partial charge on any atom is -0.493 e. The fourth-order valence-electron chi connectivity index (χ4n) is 2.05. The van der Waals surface area contributed by atoms with Crippen LogP contribution in [0, 0.1) is 5.82 Å². The van der Waals surface area contributed by atoms with Crippen LogP contribution in [0.5, 0.6) is 11.5 Å². The summed E-state index contributed by atoms with van der Waals surface area (Å²) in [5.41, 5.74) is 1.26. The van der Waals surface area contributed by atoms with E-state index in [0.717, 1.165) is 5.56 Å². The molecule has 2 aromatic carbocycles. The van der Waals surface area contributed by atoms with Crippen molar-refractivity contribution in [3.8, 4) is 11.5 Å². The lowest BCUT2D eigenvalue weighted by molar-refractivity contribution is 0.251. The number of anilines is 1. The van der Waals surface area contributed by atoms with Gasteiger partial charge in [0.2, 0.25) is 0 Å². The van der Waals surface area contributed by atoms with Crippen molar-refractivity contribution in [1.29, 1.82) is 0 Å². The van der Waals surface area contributed by atoms with Crippen LogP contribution in [-0.2, 0) is 6.54 Å². The molecule has 0 aliphatic carbocycles. The van der Waals surface area contributed by atoms with Gasteiger partial charge in [0, 0.05) is 12.2 Å². The average molecular weight is 353 g/mol. The SMILES string of the molecule is CCOc1c(Cl)cc(CNC(=O)Nc2ccc(F)cc2)cc1OC. The van der Waals surface area contributed by atoms with E-state index >= 15 is 0 Å². The van der Waals surface area contributed by atoms with Crippen LogP contribution in [-0.4, -0.2) is 19.7 Å². The van der Waals surface area contributed by atoms with Crippen LogP contribution in [0.25, 0.3) is 0 Å². The summed E-state index contributed by atoms with van der Waals surface area (Å²) in [6.45, 7) is 2.56. The summed E-state index contributed by atoms with van der Waals surface area (Å²) in [5, 5.41) is 5.71. The summed E-state index contributed by atoms with van der Waals surface area (Å²) >= 11 is 6.18. The molecule has 0 heterocycles. The Balaban J connectivity index is 1.99. The smallest absolute Gasteiger partial charge is 0.319 e. The summed E-state index contributed by atoms with van der Waals surface area (Å²) in [4.78, 5) is 11.9. The number of rotatable bonds is 6. The fourth-order valence-corrected chi connectivity index (χ4v) is 2.34. The normalized spacial score (nSPS) is 10.2. The summed E-state index contributed by atoms with van der Waals surface area (Å²) in [7, 11) is 1.52. The van der Waals surface area contributed by atoms with Gasteiger partial charge < -0.3 is 20.1 Å². The van der Waals surface area contributed by atoms with E-state index in [-0.39, 0.29) is 12.4 Å². The molecule has 0 aromatic heterocycles. The van der Waals surface area contributed by atoms with Crippen LogP contribution in [0.1, 0.15) is 12.5 Å². The number of hydrogen-bond acceptors (Lipinski definition) is 3. The van der Waals surface area contributed by atoms with Crippen molar-refractivity contribution >= 4 is 23.3 Å². The molecular formula is C17H18ClFN2O3. The van der Waals surface area contributed by atoms with Crippen LogP contribution in [0.3, 0.4) is 0 Å². The van der Waals surface area contributed by atoms with Gasteiger partial charge in [-0.15, -0.1) is 0 Å². The van der Waals surface area contributed by atoms with Crippen molar-refractivity contribution in [1.82, 2.24) is 5.32 Å². The van der Waals surface area contributed by atoms with Crippen molar-refractivity contribution in [3.05, 3.63) is 52.8 Å². The Hall–Kier alpha value is -2.47. The number of ether oxygens (including phenoxy) is 2. The third-order valence-electron chi connectivity index (χ3n) is 3.13. The zero-order chi connectivity index (χ0) is 17.5. The predicted molar refractivity (Wildman–Crippen MR) is 91.4 cm³/mol. The first-order valence-electron chi connectivity index (χ1n) is 7.33. The number of hydrogen-bond donors (Lipinski definition) is 2. The number of carbonyl (C=O) groups is 1. The molecule has 0 radical (unpaired) electrons. The van der Waals surface area contributed by atoms with Gasteiger partial charge in [0.15, 0.2) is 11.5 Å². The molecular weight excluding hydrogens is 335 g/mol. The third kappa shape index (κ3) is 4.76. The second-order valence-corrected chi connectivity index (χ2v) is 5.26. The van der Waals surface area contributed by atoms with Crippen LogP contribution in [0.2, 0.25) is 5.02 Å². The van der Waals surface area contributed by atoms with E-state index in [1.165, 1.54) is 31.4 Å². The quantitative estimate of drug-likeness (QED) is 0.818. The topological polar surface area (TPSA) is 59.6 Å². The monoisotopic (exact) mass is 352 g/mol.